The molecule has 1 N–H and O–H groups in total. The van der Waals surface area contributed by atoms with Crippen molar-refractivity contribution in [2.24, 2.45) is 0 Å². The van der Waals surface area contributed by atoms with Crippen LogP contribution in [0.15, 0.2) is 67.0 Å². The van der Waals surface area contributed by atoms with Gasteiger partial charge >= 0.3 is 0 Å². The van der Waals surface area contributed by atoms with Gasteiger partial charge in [-0.25, -0.2) is 4.98 Å². The predicted octanol–water partition coefficient (Wildman–Crippen LogP) is 4.95. The minimum absolute atomic E-state index is 0.143. The van der Waals surface area contributed by atoms with Gasteiger partial charge < -0.3 is 23.9 Å². The zero-order chi connectivity index (χ0) is 23.2. The molecule has 4 rings (SSSR count). The maximum Gasteiger partial charge on any atom is 0.227 e. The Balaban J connectivity index is 1.34. The van der Waals surface area contributed by atoms with Crippen LogP contribution in [0.3, 0.4) is 0 Å². The van der Waals surface area contributed by atoms with Gasteiger partial charge in [-0.2, -0.15) is 0 Å². The summed E-state index contributed by atoms with van der Waals surface area (Å²) in [4.78, 5) is 16.9. The van der Waals surface area contributed by atoms with Gasteiger partial charge in [-0.15, -0.1) is 0 Å². The van der Waals surface area contributed by atoms with Gasteiger partial charge in [0.25, 0.3) is 0 Å². The van der Waals surface area contributed by atoms with Crippen molar-refractivity contribution in [3.63, 3.8) is 0 Å². The maximum absolute atomic E-state index is 12.4. The van der Waals surface area contributed by atoms with E-state index in [1.165, 1.54) is 0 Å². The van der Waals surface area contributed by atoms with Gasteiger partial charge in [-0.3, -0.25) is 4.79 Å². The number of ether oxygens (including phenoxy) is 3. The van der Waals surface area contributed by atoms with E-state index in [0.717, 1.165) is 28.2 Å². The molecule has 2 heterocycles. The molecular weight excluding hydrogens is 418 g/mol. The van der Waals surface area contributed by atoms with Crippen molar-refractivity contribution in [2.45, 2.75) is 26.9 Å². The number of anilines is 1. The average molecular weight is 446 g/mol. The van der Waals surface area contributed by atoms with Crippen LogP contribution in [-0.4, -0.2) is 29.0 Å². The summed E-state index contributed by atoms with van der Waals surface area (Å²) in [6.45, 7) is 4.61. The highest BCUT2D eigenvalue weighted by molar-refractivity contribution is 5.91. The molecule has 1 amide bonds. The fourth-order valence-electron chi connectivity index (χ4n) is 3.58. The molecule has 0 fully saturated rings. The van der Waals surface area contributed by atoms with E-state index in [1.54, 1.807) is 25.3 Å². The lowest BCUT2D eigenvalue weighted by molar-refractivity contribution is -0.116. The normalized spacial score (nSPS) is 10.8. The lowest BCUT2D eigenvalue weighted by Crippen LogP contribution is -2.15. The number of methoxy groups -OCH3 is 1. The summed E-state index contributed by atoms with van der Waals surface area (Å²) in [6, 6.07) is 17.1. The number of rotatable bonds is 9. The first kappa shape index (κ1) is 22.2. The standard InChI is InChI=1S/C26H27N3O4/c1-18-12-19(2)14-22(13-18)32-11-9-26(30)28-20-7-8-23(31-3)24(15-20)33-17-21-16-29-10-5-4-6-25(29)27-21/h4-8,10,12-16H,9,11,17H2,1-3H3,(H,28,30). The molecule has 0 aliphatic carbocycles. The highest BCUT2D eigenvalue weighted by atomic mass is 16.5. The third kappa shape index (κ3) is 5.83. The van der Waals surface area contributed by atoms with Crippen molar-refractivity contribution in [2.75, 3.05) is 19.0 Å². The first-order valence-electron chi connectivity index (χ1n) is 10.7. The highest BCUT2D eigenvalue weighted by Crippen LogP contribution is 2.31. The number of hydrogen-bond acceptors (Lipinski definition) is 5. The number of aryl methyl sites for hydroxylation is 2. The predicted molar refractivity (Wildman–Crippen MR) is 127 cm³/mol. The van der Waals surface area contributed by atoms with Crippen molar-refractivity contribution in [3.05, 3.63) is 83.8 Å². The fraction of sp³-hybridized carbons (Fsp3) is 0.231. The molecule has 0 aliphatic rings. The molecule has 2 aromatic heterocycles. The molecular formula is C26H27N3O4. The molecule has 0 bridgehead atoms. The molecule has 0 spiro atoms. The summed E-state index contributed by atoms with van der Waals surface area (Å²) < 4.78 is 19.0. The molecule has 0 aliphatic heterocycles. The second-order valence-corrected chi connectivity index (χ2v) is 7.82. The molecule has 0 saturated heterocycles. The lowest BCUT2D eigenvalue weighted by atomic mass is 10.1. The Bertz CT molecular complexity index is 1210. The SMILES string of the molecule is COc1ccc(NC(=O)CCOc2cc(C)cc(C)c2)cc1OCc1cn2ccccc2n1. The Morgan fingerprint density at radius 3 is 2.58 bits per heavy atom. The summed E-state index contributed by atoms with van der Waals surface area (Å²) in [5.74, 6) is 1.73. The van der Waals surface area contributed by atoms with Gasteiger partial charge in [0.1, 0.15) is 18.0 Å². The van der Waals surface area contributed by atoms with E-state index in [-0.39, 0.29) is 18.9 Å². The summed E-state index contributed by atoms with van der Waals surface area (Å²) in [6.07, 6.45) is 4.09. The van der Waals surface area contributed by atoms with Crippen LogP contribution < -0.4 is 19.5 Å². The van der Waals surface area contributed by atoms with E-state index in [9.17, 15) is 4.79 Å². The number of nitrogens with one attached hydrogen (secondary N) is 1. The molecule has 7 heteroatoms. The Labute approximate surface area is 192 Å². The molecule has 170 valence electrons. The Kier molecular flexibility index (Phi) is 6.78. The number of fused-ring (bicyclic) bond motifs is 1. The molecule has 4 aromatic rings. The summed E-state index contributed by atoms with van der Waals surface area (Å²) in [7, 11) is 1.58. The number of pyridine rings is 1. The van der Waals surface area contributed by atoms with Gasteiger partial charge in [0.15, 0.2) is 11.5 Å². The van der Waals surface area contributed by atoms with Crippen LogP contribution in [0.2, 0.25) is 0 Å². The summed E-state index contributed by atoms with van der Waals surface area (Å²) in [5.41, 5.74) is 4.53. The minimum Gasteiger partial charge on any atom is -0.493 e. The van der Waals surface area contributed by atoms with E-state index in [2.05, 4.69) is 16.4 Å². The number of aromatic nitrogens is 2. The third-order valence-electron chi connectivity index (χ3n) is 5.03. The Morgan fingerprint density at radius 1 is 1.00 bits per heavy atom. The Hall–Kier alpha value is -4.00. The summed E-state index contributed by atoms with van der Waals surface area (Å²) >= 11 is 0. The lowest BCUT2D eigenvalue weighted by Gasteiger charge is -2.13. The second-order valence-electron chi connectivity index (χ2n) is 7.82. The van der Waals surface area contributed by atoms with Crippen molar-refractivity contribution in [1.82, 2.24) is 9.38 Å². The van der Waals surface area contributed by atoms with Gasteiger partial charge in [-0.05, 0) is 61.4 Å². The van der Waals surface area contributed by atoms with Crippen LogP contribution in [0.25, 0.3) is 5.65 Å². The zero-order valence-electron chi connectivity index (χ0n) is 19.0. The molecule has 33 heavy (non-hydrogen) atoms. The van der Waals surface area contributed by atoms with E-state index >= 15 is 0 Å². The van der Waals surface area contributed by atoms with E-state index in [4.69, 9.17) is 14.2 Å². The highest BCUT2D eigenvalue weighted by Gasteiger charge is 2.10. The average Bonchev–Trinajstić information content (AvgIpc) is 3.20. The van der Waals surface area contributed by atoms with Crippen LogP contribution in [0.4, 0.5) is 5.69 Å². The van der Waals surface area contributed by atoms with Crippen LogP contribution in [0.1, 0.15) is 23.2 Å². The van der Waals surface area contributed by atoms with Crippen molar-refractivity contribution in [1.29, 1.82) is 0 Å². The summed E-state index contributed by atoms with van der Waals surface area (Å²) in [5, 5.41) is 2.89. The number of nitrogens with zero attached hydrogens (tertiary/aromatic N) is 2. The van der Waals surface area contributed by atoms with Crippen molar-refractivity contribution in [3.8, 4) is 17.2 Å². The van der Waals surface area contributed by atoms with E-state index in [1.807, 2.05) is 61.0 Å². The van der Waals surface area contributed by atoms with Crippen LogP contribution in [0, 0.1) is 13.8 Å². The first-order chi connectivity index (χ1) is 16.0. The number of benzene rings is 2. The number of amides is 1. The molecule has 0 radical (unpaired) electrons. The molecule has 7 nitrogen and oxygen atoms in total. The largest absolute Gasteiger partial charge is 0.493 e. The monoisotopic (exact) mass is 445 g/mol. The third-order valence-corrected chi connectivity index (χ3v) is 5.03. The van der Waals surface area contributed by atoms with E-state index < -0.39 is 0 Å². The molecule has 2 aromatic carbocycles. The van der Waals surface area contributed by atoms with Crippen LogP contribution in [-0.2, 0) is 11.4 Å². The fourth-order valence-corrected chi connectivity index (χ4v) is 3.58. The van der Waals surface area contributed by atoms with Gasteiger partial charge in [-0.1, -0.05) is 12.1 Å². The number of hydrogen-bond donors (Lipinski definition) is 1. The van der Waals surface area contributed by atoms with E-state index in [0.29, 0.717) is 23.8 Å². The quantitative estimate of drug-likeness (QED) is 0.395. The van der Waals surface area contributed by atoms with Crippen LogP contribution in [0.5, 0.6) is 17.2 Å². The van der Waals surface area contributed by atoms with Crippen molar-refractivity contribution >= 4 is 17.2 Å². The number of carbonyl (C=O) groups excluding carboxylic acids is 1. The van der Waals surface area contributed by atoms with Crippen LogP contribution >= 0.6 is 0 Å². The smallest absolute Gasteiger partial charge is 0.227 e. The second kappa shape index (κ2) is 10.1. The van der Waals surface area contributed by atoms with Crippen molar-refractivity contribution < 1.29 is 19.0 Å². The topological polar surface area (TPSA) is 74.1 Å². The van der Waals surface area contributed by atoms with Gasteiger partial charge in [0.2, 0.25) is 5.91 Å². The molecule has 0 atom stereocenters. The Morgan fingerprint density at radius 2 is 1.82 bits per heavy atom. The zero-order valence-corrected chi connectivity index (χ0v) is 19.0. The van der Waals surface area contributed by atoms with Gasteiger partial charge in [0.05, 0.1) is 25.8 Å². The number of imidazole rings is 1. The minimum atomic E-state index is -0.143. The maximum atomic E-state index is 12.4. The molecule has 0 saturated carbocycles. The van der Waals surface area contributed by atoms with Gasteiger partial charge in [0, 0.05) is 24.1 Å². The molecule has 0 unspecified atom stereocenters. The first-order valence-corrected chi connectivity index (χ1v) is 10.7. The number of carbonyl (C=O) groups is 1.